The lowest BCUT2D eigenvalue weighted by Crippen LogP contribution is -2.31. The van der Waals surface area contributed by atoms with Crippen molar-refractivity contribution in [1.82, 2.24) is 25.1 Å². The maximum Gasteiger partial charge on any atom is 0.229 e. The number of aromatic amines is 1. The number of nitrogens with one attached hydrogen (secondary N) is 3. The van der Waals surface area contributed by atoms with Crippen LogP contribution in [0.25, 0.3) is 0 Å². The third kappa shape index (κ3) is 4.57. The molecule has 0 fully saturated rings. The van der Waals surface area contributed by atoms with E-state index in [-0.39, 0.29) is 0 Å². The van der Waals surface area contributed by atoms with Crippen molar-refractivity contribution in [3.63, 3.8) is 0 Å². The Balaban J connectivity index is 1.45. The second-order valence-electron chi connectivity index (χ2n) is 7.82. The van der Waals surface area contributed by atoms with Gasteiger partial charge in [-0.25, -0.2) is 4.98 Å². The van der Waals surface area contributed by atoms with Crippen LogP contribution in [0.3, 0.4) is 0 Å². The molecule has 0 radical (unpaired) electrons. The molecule has 2 aromatic heterocycles. The molecule has 31 heavy (non-hydrogen) atoms. The van der Waals surface area contributed by atoms with Crippen LogP contribution in [-0.4, -0.2) is 31.6 Å². The number of H-pyrrole nitrogens is 1. The molecule has 1 aliphatic heterocycles. The van der Waals surface area contributed by atoms with E-state index in [0.717, 1.165) is 60.3 Å². The van der Waals surface area contributed by atoms with E-state index in [1.165, 1.54) is 5.56 Å². The van der Waals surface area contributed by atoms with E-state index in [4.69, 9.17) is 9.97 Å². The number of hydrogen-bond donors (Lipinski definition) is 3. The van der Waals surface area contributed by atoms with Crippen molar-refractivity contribution in [1.29, 1.82) is 0 Å². The fraction of sp³-hybridized carbons (Fsp3) is 0.208. The van der Waals surface area contributed by atoms with Crippen molar-refractivity contribution in [2.45, 2.75) is 26.4 Å². The van der Waals surface area contributed by atoms with E-state index >= 15 is 0 Å². The number of anilines is 4. The average Bonchev–Trinajstić information content (AvgIpc) is 3.20. The van der Waals surface area contributed by atoms with Crippen LogP contribution in [0.1, 0.15) is 22.5 Å². The highest BCUT2D eigenvalue weighted by Gasteiger charge is 2.23. The zero-order valence-corrected chi connectivity index (χ0v) is 17.5. The number of benzene rings is 2. The number of hydrogen-bond acceptors (Lipinski definition) is 6. The molecule has 0 aliphatic carbocycles. The Bertz CT molecular complexity index is 1160. The smallest absolute Gasteiger partial charge is 0.229 e. The molecule has 7 heteroatoms. The van der Waals surface area contributed by atoms with Crippen molar-refractivity contribution in [2.75, 3.05) is 17.2 Å². The van der Waals surface area contributed by atoms with Gasteiger partial charge in [-0.1, -0.05) is 48.5 Å². The Hall–Kier alpha value is -3.71. The summed E-state index contributed by atoms with van der Waals surface area (Å²) in [6.07, 6.45) is 0.877. The minimum atomic E-state index is 0.594. The van der Waals surface area contributed by atoms with Crippen molar-refractivity contribution in [3.05, 3.63) is 89.2 Å². The van der Waals surface area contributed by atoms with Crippen molar-refractivity contribution < 1.29 is 0 Å². The highest BCUT2D eigenvalue weighted by atomic mass is 15.2. The molecule has 0 saturated heterocycles. The summed E-state index contributed by atoms with van der Waals surface area (Å²) in [5.41, 5.74) is 5.48. The monoisotopic (exact) mass is 411 g/mol. The maximum atomic E-state index is 4.84. The molecule has 0 unspecified atom stereocenters. The van der Waals surface area contributed by atoms with Crippen LogP contribution in [0, 0.1) is 6.92 Å². The molecule has 0 amide bonds. The molecule has 0 spiro atoms. The van der Waals surface area contributed by atoms with Crippen LogP contribution in [0.15, 0.2) is 66.7 Å². The fourth-order valence-corrected chi connectivity index (χ4v) is 3.86. The van der Waals surface area contributed by atoms with Crippen LogP contribution in [0.5, 0.6) is 0 Å². The Kier molecular flexibility index (Phi) is 5.33. The highest BCUT2D eigenvalue weighted by Crippen LogP contribution is 2.29. The Labute approximate surface area is 181 Å². The summed E-state index contributed by atoms with van der Waals surface area (Å²) in [4.78, 5) is 12.1. The van der Waals surface area contributed by atoms with Crippen molar-refractivity contribution >= 4 is 23.3 Å². The lowest BCUT2D eigenvalue weighted by atomic mass is 10.0. The molecular weight excluding hydrogens is 386 g/mol. The van der Waals surface area contributed by atoms with Crippen LogP contribution in [0.4, 0.5) is 23.3 Å². The SMILES string of the molecule is Cc1cc(Nc2nc(Nc3ccccc3)nc3c2CN(Cc2ccccc2)CC3)n[nH]1. The van der Waals surface area contributed by atoms with E-state index in [2.05, 4.69) is 56.1 Å². The zero-order valence-electron chi connectivity index (χ0n) is 17.5. The molecule has 3 heterocycles. The van der Waals surface area contributed by atoms with Crippen LogP contribution in [-0.2, 0) is 19.5 Å². The van der Waals surface area contributed by atoms with Gasteiger partial charge in [0.2, 0.25) is 5.95 Å². The summed E-state index contributed by atoms with van der Waals surface area (Å²) in [5.74, 6) is 2.15. The van der Waals surface area contributed by atoms with Gasteiger partial charge in [0.25, 0.3) is 0 Å². The summed E-state index contributed by atoms with van der Waals surface area (Å²) in [6.45, 7) is 4.65. The van der Waals surface area contributed by atoms with E-state index in [9.17, 15) is 0 Å². The lowest BCUT2D eigenvalue weighted by Gasteiger charge is -2.29. The minimum Gasteiger partial charge on any atom is -0.324 e. The topological polar surface area (TPSA) is 81.8 Å². The fourth-order valence-electron chi connectivity index (χ4n) is 3.86. The molecule has 0 atom stereocenters. The van der Waals surface area contributed by atoms with E-state index in [0.29, 0.717) is 5.95 Å². The number of rotatable bonds is 6. The summed E-state index contributed by atoms with van der Waals surface area (Å²) in [7, 11) is 0. The third-order valence-corrected chi connectivity index (χ3v) is 5.37. The molecule has 5 rings (SSSR count). The first-order valence-electron chi connectivity index (χ1n) is 10.5. The number of para-hydroxylation sites is 1. The van der Waals surface area contributed by atoms with Gasteiger partial charge in [-0.2, -0.15) is 10.1 Å². The second-order valence-corrected chi connectivity index (χ2v) is 7.82. The number of nitrogens with zero attached hydrogens (tertiary/aromatic N) is 4. The minimum absolute atomic E-state index is 0.594. The van der Waals surface area contributed by atoms with E-state index in [1.54, 1.807) is 0 Å². The third-order valence-electron chi connectivity index (χ3n) is 5.37. The molecule has 0 saturated carbocycles. The zero-order chi connectivity index (χ0) is 21.0. The number of fused-ring (bicyclic) bond motifs is 1. The maximum absolute atomic E-state index is 4.84. The summed E-state index contributed by atoms with van der Waals surface area (Å²) in [6, 6.07) is 22.5. The van der Waals surface area contributed by atoms with E-state index in [1.807, 2.05) is 43.3 Å². The first kappa shape index (κ1) is 19.3. The van der Waals surface area contributed by atoms with Gasteiger partial charge in [-0.15, -0.1) is 0 Å². The van der Waals surface area contributed by atoms with Gasteiger partial charge in [0.15, 0.2) is 5.82 Å². The molecule has 0 bridgehead atoms. The quantitative estimate of drug-likeness (QED) is 0.432. The normalized spacial score (nSPS) is 13.6. The Morgan fingerprint density at radius 3 is 2.48 bits per heavy atom. The van der Waals surface area contributed by atoms with Crippen LogP contribution < -0.4 is 10.6 Å². The number of aromatic nitrogens is 4. The van der Waals surface area contributed by atoms with Gasteiger partial charge < -0.3 is 10.6 Å². The standard InChI is InChI=1S/C24H25N7/c1-17-14-22(30-29-17)27-23-20-16-31(15-18-8-4-2-5-9-18)13-12-21(20)26-24(28-23)25-19-10-6-3-7-11-19/h2-11,14H,12-13,15-16H2,1H3,(H3,25,26,27,28,29,30). The number of aryl methyl sites for hydroxylation is 1. The van der Waals surface area contributed by atoms with Crippen LogP contribution >= 0.6 is 0 Å². The Morgan fingerprint density at radius 1 is 0.968 bits per heavy atom. The largest absolute Gasteiger partial charge is 0.324 e. The van der Waals surface area contributed by atoms with Gasteiger partial charge in [-0.05, 0) is 24.6 Å². The van der Waals surface area contributed by atoms with Crippen molar-refractivity contribution in [2.24, 2.45) is 0 Å². The van der Waals surface area contributed by atoms with Gasteiger partial charge in [0, 0.05) is 49.1 Å². The summed E-state index contributed by atoms with van der Waals surface area (Å²) >= 11 is 0. The first-order valence-corrected chi connectivity index (χ1v) is 10.5. The molecular formula is C24H25N7. The predicted molar refractivity (Wildman–Crippen MR) is 123 cm³/mol. The first-order chi connectivity index (χ1) is 15.2. The molecule has 156 valence electrons. The van der Waals surface area contributed by atoms with E-state index < -0.39 is 0 Å². The lowest BCUT2D eigenvalue weighted by molar-refractivity contribution is 0.243. The van der Waals surface area contributed by atoms with Gasteiger partial charge in [0.1, 0.15) is 5.82 Å². The Morgan fingerprint density at radius 2 is 1.74 bits per heavy atom. The molecule has 4 aromatic rings. The van der Waals surface area contributed by atoms with Gasteiger partial charge in [-0.3, -0.25) is 10.00 Å². The molecule has 2 aromatic carbocycles. The molecule has 1 aliphatic rings. The molecule has 7 nitrogen and oxygen atoms in total. The van der Waals surface area contributed by atoms with Crippen LogP contribution in [0.2, 0.25) is 0 Å². The summed E-state index contributed by atoms with van der Waals surface area (Å²) in [5, 5.41) is 14.0. The average molecular weight is 412 g/mol. The van der Waals surface area contributed by atoms with Gasteiger partial charge in [0.05, 0.1) is 5.69 Å². The molecule has 3 N–H and O–H groups in total. The van der Waals surface area contributed by atoms with Gasteiger partial charge >= 0.3 is 0 Å². The highest BCUT2D eigenvalue weighted by molar-refractivity contribution is 5.62. The summed E-state index contributed by atoms with van der Waals surface area (Å²) < 4.78 is 0. The second kappa shape index (κ2) is 8.57. The van der Waals surface area contributed by atoms with Crippen molar-refractivity contribution in [3.8, 4) is 0 Å². The predicted octanol–water partition coefficient (Wildman–Crippen LogP) is 4.55.